The van der Waals surface area contributed by atoms with Crippen LogP contribution in [0.25, 0.3) is 0 Å². The molecule has 1 amide bonds. The van der Waals surface area contributed by atoms with Crippen LogP contribution in [0.1, 0.15) is 25.3 Å². The quantitative estimate of drug-likeness (QED) is 0.721. The van der Waals surface area contributed by atoms with Crippen LogP contribution < -0.4 is 10.1 Å². The molecule has 5 nitrogen and oxygen atoms in total. The maximum Gasteiger partial charge on any atom is 0.326 e. The summed E-state index contributed by atoms with van der Waals surface area (Å²) < 4.78 is 5.49. The monoisotopic (exact) mass is 291 g/mol. The normalized spacial score (nSPS) is 13.0. The molecule has 0 aromatic heterocycles. The molecule has 0 saturated carbocycles. The van der Waals surface area contributed by atoms with Gasteiger partial charge in [0.2, 0.25) is 0 Å². The number of rotatable bonds is 8. The minimum absolute atomic E-state index is 0.307. The van der Waals surface area contributed by atoms with Crippen molar-refractivity contribution in [1.29, 1.82) is 0 Å². The molecule has 2 atom stereocenters. The molecule has 114 valence electrons. The molecule has 0 aliphatic heterocycles. The van der Waals surface area contributed by atoms with E-state index in [-0.39, 0.29) is 0 Å². The molecule has 1 aromatic rings. The third kappa shape index (κ3) is 5.69. The summed E-state index contributed by atoms with van der Waals surface area (Å²) in [6.45, 7) is 7.08. The largest absolute Gasteiger partial charge is 0.481 e. The number of hydrogen-bond donors (Lipinski definition) is 2. The molecule has 1 aromatic carbocycles. The van der Waals surface area contributed by atoms with Gasteiger partial charge in [-0.2, -0.15) is 0 Å². The zero-order valence-corrected chi connectivity index (χ0v) is 12.3. The lowest BCUT2D eigenvalue weighted by Gasteiger charge is -2.18. The number of allylic oxidation sites excluding steroid dienone is 1. The van der Waals surface area contributed by atoms with Gasteiger partial charge in [0.25, 0.3) is 5.91 Å². The average molecular weight is 291 g/mol. The standard InChI is InChI=1S/C16H21NO4/c1-4-5-6-14(16(19)20)17-15(18)12(3)21-13-9-7-11(2)8-10-13/h4,7-10,12,14H,1,5-6H2,2-3H3,(H,17,18)(H,19,20). The number of carbonyl (C=O) groups is 2. The zero-order valence-electron chi connectivity index (χ0n) is 12.3. The third-order valence-electron chi connectivity index (χ3n) is 2.98. The molecule has 0 radical (unpaired) electrons. The second kappa shape index (κ2) is 8.09. The van der Waals surface area contributed by atoms with E-state index in [0.717, 1.165) is 5.56 Å². The SMILES string of the molecule is C=CCCC(NC(=O)C(C)Oc1ccc(C)cc1)C(=O)O. The number of carbonyl (C=O) groups excluding carboxylic acids is 1. The van der Waals surface area contributed by atoms with Gasteiger partial charge in [-0.3, -0.25) is 4.79 Å². The number of benzene rings is 1. The Kier molecular flexibility index (Phi) is 6.46. The summed E-state index contributed by atoms with van der Waals surface area (Å²) in [5.74, 6) is -0.944. The fourth-order valence-electron chi connectivity index (χ4n) is 1.71. The van der Waals surface area contributed by atoms with E-state index < -0.39 is 24.0 Å². The van der Waals surface area contributed by atoms with Gasteiger partial charge >= 0.3 is 5.97 Å². The molecule has 21 heavy (non-hydrogen) atoms. The van der Waals surface area contributed by atoms with Crippen LogP contribution in [0.3, 0.4) is 0 Å². The van der Waals surface area contributed by atoms with Crippen LogP contribution >= 0.6 is 0 Å². The van der Waals surface area contributed by atoms with Crippen molar-refractivity contribution in [3.8, 4) is 5.75 Å². The summed E-state index contributed by atoms with van der Waals surface area (Å²) >= 11 is 0. The summed E-state index contributed by atoms with van der Waals surface area (Å²) in [4.78, 5) is 23.0. The Bertz CT molecular complexity index is 496. The zero-order chi connectivity index (χ0) is 15.8. The van der Waals surface area contributed by atoms with E-state index in [1.165, 1.54) is 0 Å². The molecule has 0 bridgehead atoms. The van der Waals surface area contributed by atoms with Crippen molar-refractivity contribution in [3.05, 3.63) is 42.5 Å². The van der Waals surface area contributed by atoms with Crippen LogP contribution in [0.5, 0.6) is 5.75 Å². The van der Waals surface area contributed by atoms with Crippen LogP contribution in [0.2, 0.25) is 0 Å². The van der Waals surface area contributed by atoms with E-state index in [0.29, 0.717) is 18.6 Å². The molecule has 0 aliphatic carbocycles. The molecule has 0 saturated heterocycles. The van der Waals surface area contributed by atoms with Crippen molar-refractivity contribution < 1.29 is 19.4 Å². The fraction of sp³-hybridized carbons (Fsp3) is 0.375. The first-order chi connectivity index (χ1) is 9.93. The molecule has 0 heterocycles. The number of nitrogens with one attached hydrogen (secondary N) is 1. The Morgan fingerprint density at radius 2 is 2.00 bits per heavy atom. The van der Waals surface area contributed by atoms with Crippen molar-refractivity contribution in [2.24, 2.45) is 0 Å². The van der Waals surface area contributed by atoms with E-state index in [4.69, 9.17) is 9.84 Å². The Hall–Kier alpha value is -2.30. The van der Waals surface area contributed by atoms with Crippen molar-refractivity contribution >= 4 is 11.9 Å². The van der Waals surface area contributed by atoms with Crippen LogP contribution in [0.15, 0.2) is 36.9 Å². The number of aliphatic carboxylic acids is 1. The molecule has 2 N–H and O–H groups in total. The molecule has 0 spiro atoms. The van der Waals surface area contributed by atoms with E-state index in [2.05, 4.69) is 11.9 Å². The summed E-state index contributed by atoms with van der Waals surface area (Å²) in [5.41, 5.74) is 1.09. The highest BCUT2D eigenvalue weighted by atomic mass is 16.5. The van der Waals surface area contributed by atoms with E-state index in [9.17, 15) is 9.59 Å². The number of ether oxygens (including phenoxy) is 1. The summed E-state index contributed by atoms with van der Waals surface area (Å²) in [5, 5.41) is 11.5. The first-order valence-corrected chi connectivity index (χ1v) is 6.81. The van der Waals surface area contributed by atoms with E-state index in [1.54, 1.807) is 25.1 Å². The summed E-state index contributed by atoms with van der Waals surface area (Å²) in [7, 11) is 0. The van der Waals surface area contributed by atoms with Gasteiger partial charge in [0.1, 0.15) is 11.8 Å². The van der Waals surface area contributed by atoms with Crippen molar-refractivity contribution in [2.45, 2.75) is 38.8 Å². The van der Waals surface area contributed by atoms with Gasteiger partial charge in [0, 0.05) is 0 Å². The molecule has 2 unspecified atom stereocenters. The fourth-order valence-corrected chi connectivity index (χ4v) is 1.71. The highest BCUT2D eigenvalue weighted by Gasteiger charge is 2.23. The smallest absolute Gasteiger partial charge is 0.326 e. The minimum atomic E-state index is -1.06. The van der Waals surface area contributed by atoms with Crippen molar-refractivity contribution in [2.75, 3.05) is 0 Å². The maximum atomic E-state index is 12.0. The molecule has 0 fully saturated rings. The first kappa shape index (κ1) is 16.8. The first-order valence-electron chi connectivity index (χ1n) is 6.81. The molecule has 5 heteroatoms. The highest BCUT2D eigenvalue weighted by Crippen LogP contribution is 2.13. The summed E-state index contributed by atoms with van der Waals surface area (Å²) in [6.07, 6.45) is 1.68. The van der Waals surface area contributed by atoms with Crippen LogP contribution in [0.4, 0.5) is 0 Å². The van der Waals surface area contributed by atoms with Crippen LogP contribution in [-0.4, -0.2) is 29.1 Å². The molecule has 1 rings (SSSR count). The molecular weight excluding hydrogens is 270 g/mol. The van der Waals surface area contributed by atoms with Crippen molar-refractivity contribution in [3.63, 3.8) is 0 Å². The van der Waals surface area contributed by atoms with Gasteiger partial charge < -0.3 is 15.2 Å². The van der Waals surface area contributed by atoms with Gasteiger partial charge in [-0.1, -0.05) is 23.8 Å². The topological polar surface area (TPSA) is 75.6 Å². The lowest BCUT2D eigenvalue weighted by Crippen LogP contribution is -2.46. The molecule has 0 aliphatic rings. The van der Waals surface area contributed by atoms with Gasteiger partial charge in [0.15, 0.2) is 6.10 Å². The van der Waals surface area contributed by atoms with Gasteiger partial charge in [-0.05, 0) is 38.8 Å². The van der Waals surface area contributed by atoms with Gasteiger partial charge in [-0.15, -0.1) is 6.58 Å². The Balaban J connectivity index is 2.58. The minimum Gasteiger partial charge on any atom is -0.481 e. The third-order valence-corrected chi connectivity index (χ3v) is 2.98. The number of hydrogen-bond acceptors (Lipinski definition) is 3. The maximum absolute atomic E-state index is 12.0. The van der Waals surface area contributed by atoms with Gasteiger partial charge in [-0.25, -0.2) is 4.79 Å². The Labute approximate surface area is 124 Å². The van der Waals surface area contributed by atoms with Crippen LogP contribution in [0, 0.1) is 6.92 Å². The molecular formula is C16H21NO4. The second-order valence-corrected chi connectivity index (χ2v) is 4.84. The second-order valence-electron chi connectivity index (χ2n) is 4.84. The van der Waals surface area contributed by atoms with Gasteiger partial charge in [0.05, 0.1) is 0 Å². The number of carboxylic acids is 1. The Morgan fingerprint density at radius 1 is 1.38 bits per heavy atom. The lowest BCUT2D eigenvalue weighted by atomic mass is 10.1. The average Bonchev–Trinajstić information content (AvgIpc) is 2.45. The Morgan fingerprint density at radius 3 is 2.52 bits per heavy atom. The van der Waals surface area contributed by atoms with Crippen LogP contribution in [-0.2, 0) is 9.59 Å². The highest BCUT2D eigenvalue weighted by molar-refractivity contribution is 5.86. The van der Waals surface area contributed by atoms with E-state index in [1.807, 2.05) is 19.1 Å². The number of amides is 1. The summed E-state index contributed by atoms with van der Waals surface area (Å²) in [6, 6.07) is 6.37. The predicted molar refractivity (Wildman–Crippen MR) is 80.3 cm³/mol. The lowest BCUT2D eigenvalue weighted by molar-refractivity contribution is -0.143. The number of carboxylic acid groups (broad SMARTS) is 1. The van der Waals surface area contributed by atoms with Crippen molar-refractivity contribution in [1.82, 2.24) is 5.32 Å². The number of aryl methyl sites for hydroxylation is 1. The van der Waals surface area contributed by atoms with E-state index >= 15 is 0 Å². The predicted octanol–water partition coefficient (Wildman–Crippen LogP) is 2.30.